The maximum atomic E-state index is 5.88. The zero-order chi connectivity index (χ0) is 12.8. The van der Waals surface area contributed by atoms with Gasteiger partial charge in [0.15, 0.2) is 5.96 Å². The van der Waals surface area contributed by atoms with Gasteiger partial charge in [-0.2, -0.15) is 0 Å². The fourth-order valence-corrected chi connectivity index (χ4v) is 1.70. The first-order valence-corrected chi connectivity index (χ1v) is 5.98. The average molecular weight is 260 g/mol. The van der Waals surface area contributed by atoms with Crippen molar-refractivity contribution in [1.82, 2.24) is 0 Å². The molecule has 0 radical (unpaired) electrons. The van der Waals surface area contributed by atoms with Crippen molar-refractivity contribution < 1.29 is 0 Å². The molecule has 0 aliphatic heterocycles. The Morgan fingerprint density at radius 1 is 1.11 bits per heavy atom. The minimum atomic E-state index is 0.376. The van der Waals surface area contributed by atoms with Crippen LogP contribution in [0.25, 0.3) is 0 Å². The molecule has 0 atom stereocenters. The van der Waals surface area contributed by atoms with E-state index < -0.39 is 0 Å². The van der Waals surface area contributed by atoms with Crippen LogP contribution in [0, 0.1) is 0 Å². The number of halogens is 1. The lowest BCUT2D eigenvalue weighted by Gasteiger charge is -2.05. The smallest absolute Gasteiger partial charge is 0.193 e. The summed E-state index contributed by atoms with van der Waals surface area (Å²) < 4.78 is 0. The number of guanidine groups is 1. The lowest BCUT2D eigenvalue weighted by molar-refractivity contribution is 1.06. The molecule has 0 aliphatic carbocycles. The number of aliphatic imine (C=N–C) groups is 1. The topological polar surface area (TPSA) is 50.4 Å². The second-order valence-corrected chi connectivity index (χ2v) is 4.26. The molecule has 0 bridgehead atoms. The van der Waals surface area contributed by atoms with E-state index in [1.54, 1.807) is 6.07 Å². The number of rotatable bonds is 3. The van der Waals surface area contributed by atoms with Crippen LogP contribution in [0.15, 0.2) is 59.6 Å². The Morgan fingerprint density at radius 3 is 2.61 bits per heavy atom. The van der Waals surface area contributed by atoms with Crippen LogP contribution in [0.2, 0.25) is 5.02 Å². The third-order valence-corrected chi connectivity index (χ3v) is 2.61. The Kier molecular flexibility index (Phi) is 4.20. The fourth-order valence-electron chi connectivity index (χ4n) is 1.51. The highest BCUT2D eigenvalue weighted by atomic mass is 35.5. The number of anilines is 1. The molecule has 0 unspecified atom stereocenters. The van der Waals surface area contributed by atoms with Gasteiger partial charge in [-0.05, 0) is 23.8 Å². The highest BCUT2D eigenvalue weighted by molar-refractivity contribution is 6.30. The van der Waals surface area contributed by atoms with E-state index >= 15 is 0 Å². The zero-order valence-corrected chi connectivity index (χ0v) is 10.6. The second-order valence-electron chi connectivity index (χ2n) is 3.82. The van der Waals surface area contributed by atoms with E-state index in [0.717, 1.165) is 11.3 Å². The summed E-state index contributed by atoms with van der Waals surface area (Å²) in [5.74, 6) is 0.376. The van der Waals surface area contributed by atoms with Gasteiger partial charge in [0.2, 0.25) is 0 Å². The fraction of sp³-hybridized carbons (Fsp3) is 0.0714. The number of nitrogens with two attached hydrogens (primary N) is 1. The minimum absolute atomic E-state index is 0.376. The SMILES string of the molecule is NC(=NCc1ccccc1)Nc1cccc(Cl)c1. The van der Waals surface area contributed by atoms with Gasteiger partial charge in [0.25, 0.3) is 0 Å². The van der Waals surface area contributed by atoms with Gasteiger partial charge in [-0.1, -0.05) is 48.0 Å². The largest absolute Gasteiger partial charge is 0.370 e. The van der Waals surface area contributed by atoms with Crippen LogP contribution in [0.1, 0.15) is 5.56 Å². The van der Waals surface area contributed by atoms with Gasteiger partial charge in [0.1, 0.15) is 0 Å². The van der Waals surface area contributed by atoms with Crippen molar-refractivity contribution in [2.24, 2.45) is 10.7 Å². The molecular formula is C14H14ClN3. The third-order valence-electron chi connectivity index (χ3n) is 2.37. The van der Waals surface area contributed by atoms with Crippen molar-refractivity contribution in [3.8, 4) is 0 Å². The van der Waals surface area contributed by atoms with Crippen LogP contribution in [-0.4, -0.2) is 5.96 Å². The maximum absolute atomic E-state index is 5.88. The number of benzene rings is 2. The van der Waals surface area contributed by atoms with Crippen LogP contribution < -0.4 is 11.1 Å². The van der Waals surface area contributed by atoms with E-state index in [1.807, 2.05) is 48.5 Å². The maximum Gasteiger partial charge on any atom is 0.193 e. The Bertz CT molecular complexity index is 538. The highest BCUT2D eigenvalue weighted by Gasteiger charge is 1.96. The molecule has 3 nitrogen and oxygen atoms in total. The molecule has 4 heteroatoms. The summed E-state index contributed by atoms with van der Waals surface area (Å²) in [6.07, 6.45) is 0. The summed E-state index contributed by atoms with van der Waals surface area (Å²) in [7, 11) is 0. The minimum Gasteiger partial charge on any atom is -0.370 e. The first kappa shape index (κ1) is 12.5. The normalized spacial score (nSPS) is 11.3. The molecule has 2 rings (SSSR count). The van der Waals surface area contributed by atoms with E-state index in [0.29, 0.717) is 17.5 Å². The van der Waals surface area contributed by atoms with E-state index in [-0.39, 0.29) is 0 Å². The summed E-state index contributed by atoms with van der Waals surface area (Å²) in [4.78, 5) is 4.26. The van der Waals surface area contributed by atoms with Crippen molar-refractivity contribution in [3.63, 3.8) is 0 Å². The molecule has 0 saturated heterocycles. The van der Waals surface area contributed by atoms with E-state index in [1.165, 1.54) is 0 Å². The second kappa shape index (κ2) is 6.07. The van der Waals surface area contributed by atoms with Crippen LogP contribution >= 0.6 is 11.6 Å². The average Bonchev–Trinajstić information content (AvgIpc) is 2.38. The van der Waals surface area contributed by atoms with Crippen LogP contribution in [0.3, 0.4) is 0 Å². The van der Waals surface area contributed by atoms with Gasteiger partial charge >= 0.3 is 0 Å². The third kappa shape index (κ3) is 3.79. The molecule has 3 N–H and O–H groups in total. The molecule has 2 aromatic rings. The lowest BCUT2D eigenvalue weighted by atomic mass is 10.2. The summed E-state index contributed by atoms with van der Waals surface area (Å²) in [6.45, 7) is 0.556. The summed E-state index contributed by atoms with van der Waals surface area (Å²) in [5, 5.41) is 3.66. The number of nitrogens with zero attached hydrogens (tertiary/aromatic N) is 1. The molecule has 0 aliphatic rings. The monoisotopic (exact) mass is 259 g/mol. The number of hydrogen-bond acceptors (Lipinski definition) is 1. The Labute approximate surface area is 111 Å². The summed E-state index contributed by atoms with van der Waals surface area (Å²) in [6, 6.07) is 17.3. The van der Waals surface area contributed by atoms with Crippen molar-refractivity contribution in [3.05, 3.63) is 65.2 Å². The summed E-state index contributed by atoms with van der Waals surface area (Å²) in [5.41, 5.74) is 7.75. The number of nitrogens with one attached hydrogen (secondary N) is 1. The lowest BCUT2D eigenvalue weighted by Crippen LogP contribution is -2.22. The molecule has 2 aromatic carbocycles. The van der Waals surface area contributed by atoms with Crippen molar-refractivity contribution in [1.29, 1.82) is 0 Å². The van der Waals surface area contributed by atoms with Gasteiger partial charge in [-0.3, -0.25) is 0 Å². The Hall–Kier alpha value is -2.00. The predicted octanol–water partition coefficient (Wildman–Crippen LogP) is 3.27. The van der Waals surface area contributed by atoms with Gasteiger partial charge in [-0.15, -0.1) is 0 Å². The van der Waals surface area contributed by atoms with Crippen LogP contribution in [0.4, 0.5) is 5.69 Å². The van der Waals surface area contributed by atoms with Gasteiger partial charge < -0.3 is 11.1 Å². The van der Waals surface area contributed by atoms with Crippen molar-refractivity contribution >= 4 is 23.2 Å². The quantitative estimate of drug-likeness (QED) is 0.657. The molecule has 0 amide bonds. The molecule has 0 saturated carbocycles. The highest BCUT2D eigenvalue weighted by Crippen LogP contribution is 2.14. The molecule has 0 heterocycles. The molecule has 18 heavy (non-hydrogen) atoms. The molecule has 0 aromatic heterocycles. The Balaban J connectivity index is 1.97. The number of hydrogen-bond donors (Lipinski definition) is 2. The van der Waals surface area contributed by atoms with Crippen molar-refractivity contribution in [2.45, 2.75) is 6.54 Å². The molecule has 92 valence electrons. The molecular weight excluding hydrogens is 246 g/mol. The van der Waals surface area contributed by atoms with Crippen LogP contribution in [0.5, 0.6) is 0 Å². The standard InChI is InChI=1S/C14H14ClN3/c15-12-7-4-8-13(9-12)18-14(16)17-10-11-5-2-1-3-6-11/h1-9H,10H2,(H3,16,17,18). The predicted molar refractivity (Wildman–Crippen MR) is 76.8 cm³/mol. The first-order valence-electron chi connectivity index (χ1n) is 5.60. The van der Waals surface area contributed by atoms with E-state index in [2.05, 4.69) is 10.3 Å². The van der Waals surface area contributed by atoms with Gasteiger partial charge in [0.05, 0.1) is 6.54 Å². The van der Waals surface area contributed by atoms with E-state index in [4.69, 9.17) is 17.3 Å². The van der Waals surface area contributed by atoms with Gasteiger partial charge in [-0.25, -0.2) is 4.99 Å². The zero-order valence-electron chi connectivity index (χ0n) is 9.81. The van der Waals surface area contributed by atoms with Crippen molar-refractivity contribution in [2.75, 3.05) is 5.32 Å². The van der Waals surface area contributed by atoms with Gasteiger partial charge in [0, 0.05) is 10.7 Å². The molecule has 0 spiro atoms. The Morgan fingerprint density at radius 2 is 1.89 bits per heavy atom. The molecule has 0 fully saturated rings. The van der Waals surface area contributed by atoms with E-state index in [9.17, 15) is 0 Å². The van der Waals surface area contributed by atoms with Crippen LogP contribution in [-0.2, 0) is 6.54 Å². The first-order chi connectivity index (χ1) is 8.74. The summed E-state index contributed by atoms with van der Waals surface area (Å²) >= 11 is 5.88.